The summed E-state index contributed by atoms with van der Waals surface area (Å²) in [6, 6.07) is 26.5. The number of hydrogen-bond acceptors (Lipinski definition) is 4. The van der Waals surface area contributed by atoms with Gasteiger partial charge in [-0.05, 0) is 45.5 Å². The minimum Gasteiger partial charge on any atom is -0.295 e. The molecule has 3 aromatic carbocycles. The van der Waals surface area contributed by atoms with E-state index in [1.165, 1.54) is 0 Å². The van der Waals surface area contributed by atoms with Gasteiger partial charge in [-0.1, -0.05) is 86.6 Å². The standard InChI is InChI=1S/C28H28N6O/c1-3-21(2)27-19-32(17-22-9-5-4-6-10-22)28(35)33(27)18-23-13-15-24(16-14-23)25-11-7-8-12-26(25)34-20-29-30-31-34/h4-16,19-21H,3,17-18H2,1-2H3. The van der Waals surface area contributed by atoms with Crippen molar-refractivity contribution in [2.75, 3.05) is 0 Å². The summed E-state index contributed by atoms with van der Waals surface area (Å²) < 4.78 is 5.41. The van der Waals surface area contributed by atoms with E-state index in [1.54, 1.807) is 11.0 Å². The molecule has 0 amide bonds. The molecule has 35 heavy (non-hydrogen) atoms. The summed E-state index contributed by atoms with van der Waals surface area (Å²) in [5, 5.41) is 11.6. The molecule has 7 heteroatoms. The molecular weight excluding hydrogens is 436 g/mol. The molecule has 0 aliphatic rings. The lowest BCUT2D eigenvalue weighted by Crippen LogP contribution is -2.26. The number of rotatable bonds is 8. The largest absolute Gasteiger partial charge is 0.328 e. The third-order valence-corrected chi connectivity index (χ3v) is 6.49. The van der Waals surface area contributed by atoms with Gasteiger partial charge < -0.3 is 0 Å². The first-order chi connectivity index (χ1) is 17.1. The van der Waals surface area contributed by atoms with Crippen molar-refractivity contribution in [1.82, 2.24) is 29.3 Å². The third-order valence-electron chi connectivity index (χ3n) is 6.49. The fourth-order valence-corrected chi connectivity index (χ4v) is 4.37. The second kappa shape index (κ2) is 9.93. The molecule has 0 aliphatic carbocycles. The summed E-state index contributed by atoms with van der Waals surface area (Å²) in [6.07, 6.45) is 4.60. The predicted octanol–water partition coefficient (Wildman–Crippen LogP) is 4.90. The van der Waals surface area contributed by atoms with Crippen molar-refractivity contribution in [3.05, 3.63) is 119 Å². The summed E-state index contributed by atoms with van der Waals surface area (Å²) >= 11 is 0. The minimum absolute atomic E-state index is 0.0252. The van der Waals surface area contributed by atoms with Crippen LogP contribution >= 0.6 is 0 Å². The average Bonchev–Trinajstić information content (AvgIpc) is 3.54. The lowest BCUT2D eigenvalue weighted by atomic mass is 10.0. The number of benzene rings is 3. The topological polar surface area (TPSA) is 70.5 Å². The van der Waals surface area contributed by atoms with Crippen molar-refractivity contribution in [2.45, 2.75) is 39.3 Å². The number of tetrazole rings is 1. The van der Waals surface area contributed by atoms with Crippen LogP contribution in [0.25, 0.3) is 16.8 Å². The SMILES string of the molecule is CCC(C)c1cn(Cc2ccccc2)c(=O)n1Cc1ccc(-c2ccccc2-n2cnnn2)cc1. The molecule has 176 valence electrons. The quantitative estimate of drug-likeness (QED) is 0.327. The van der Waals surface area contributed by atoms with Gasteiger partial charge in [-0.15, -0.1) is 5.10 Å². The summed E-state index contributed by atoms with van der Waals surface area (Å²) in [6.45, 7) is 5.44. The zero-order chi connectivity index (χ0) is 24.2. The number of nitrogens with zero attached hydrogens (tertiary/aromatic N) is 6. The Balaban J connectivity index is 1.45. The molecule has 0 aliphatic heterocycles. The Morgan fingerprint density at radius 1 is 0.857 bits per heavy atom. The monoisotopic (exact) mass is 464 g/mol. The van der Waals surface area contributed by atoms with Crippen LogP contribution in [0.5, 0.6) is 0 Å². The Hall–Kier alpha value is -4.26. The highest BCUT2D eigenvalue weighted by atomic mass is 16.1. The lowest BCUT2D eigenvalue weighted by Gasteiger charge is -2.13. The zero-order valence-corrected chi connectivity index (χ0v) is 20.0. The maximum atomic E-state index is 13.4. The first kappa shape index (κ1) is 22.5. The van der Waals surface area contributed by atoms with Crippen molar-refractivity contribution >= 4 is 0 Å². The van der Waals surface area contributed by atoms with Gasteiger partial charge >= 0.3 is 5.69 Å². The fourth-order valence-electron chi connectivity index (χ4n) is 4.37. The van der Waals surface area contributed by atoms with Crippen LogP contribution < -0.4 is 5.69 Å². The Bertz CT molecular complexity index is 1450. The van der Waals surface area contributed by atoms with Gasteiger partial charge in [0.15, 0.2) is 0 Å². The van der Waals surface area contributed by atoms with E-state index in [-0.39, 0.29) is 5.69 Å². The fraction of sp³-hybridized carbons (Fsp3) is 0.214. The molecule has 0 saturated heterocycles. The first-order valence-electron chi connectivity index (χ1n) is 11.9. The number of hydrogen-bond donors (Lipinski definition) is 0. The highest BCUT2D eigenvalue weighted by Crippen LogP contribution is 2.27. The number of imidazole rings is 1. The summed E-state index contributed by atoms with van der Waals surface area (Å²) in [4.78, 5) is 13.4. The second-order valence-electron chi connectivity index (χ2n) is 8.81. The van der Waals surface area contributed by atoms with Crippen LogP contribution in [0.1, 0.15) is 43.0 Å². The van der Waals surface area contributed by atoms with Gasteiger partial charge in [-0.25, -0.2) is 4.79 Å². The highest BCUT2D eigenvalue weighted by Gasteiger charge is 2.17. The molecule has 1 unspecified atom stereocenters. The van der Waals surface area contributed by atoms with Gasteiger partial charge in [0.25, 0.3) is 0 Å². The molecule has 0 spiro atoms. The molecule has 7 nitrogen and oxygen atoms in total. The van der Waals surface area contributed by atoms with E-state index in [0.717, 1.165) is 40.1 Å². The Morgan fingerprint density at radius 3 is 2.29 bits per heavy atom. The van der Waals surface area contributed by atoms with Crippen LogP contribution in [0, 0.1) is 0 Å². The third kappa shape index (κ3) is 4.71. The van der Waals surface area contributed by atoms with Crippen LogP contribution in [0.4, 0.5) is 0 Å². The van der Waals surface area contributed by atoms with E-state index >= 15 is 0 Å². The van der Waals surface area contributed by atoms with Gasteiger partial charge in [0.05, 0.1) is 18.8 Å². The van der Waals surface area contributed by atoms with E-state index in [9.17, 15) is 4.79 Å². The smallest absolute Gasteiger partial charge is 0.295 e. The van der Waals surface area contributed by atoms with Crippen LogP contribution in [0.2, 0.25) is 0 Å². The molecule has 2 aromatic heterocycles. The van der Waals surface area contributed by atoms with E-state index in [0.29, 0.717) is 19.0 Å². The van der Waals surface area contributed by atoms with Crippen molar-refractivity contribution in [2.24, 2.45) is 0 Å². The van der Waals surface area contributed by atoms with E-state index in [4.69, 9.17) is 0 Å². The maximum Gasteiger partial charge on any atom is 0.328 e. The molecule has 0 radical (unpaired) electrons. The Morgan fingerprint density at radius 2 is 1.57 bits per heavy atom. The molecular formula is C28H28N6O. The van der Waals surface area contributed by atoms with Crippen LogP contribution in [-0.4, -0.2) is 29.3 Å². The normalized spacial score (nSPS) is 12.1. The van der Waals surface area contributed by atoms with Gasteiger partial charge in [0.2, 0.25) is 0 Å². The van der Waals surface area contributed by atoms with Gasteiger partial charge in [0, 0.05) is 17.5 Å². The molecule has 0 fully saturated rings. The second-order valence-corrected chi connectivity index (χ2v) is 8.81. The molecule has 0 saturated carbocycles. The van der Waals surface area contributed by atoms with Crippen LogP contribution in [0.3, 0.4) is 0 Å². The molecule has 5 aromatic rings. The van der Waals surface area contributed by atoms with Crippen molar-refractivity contribution in [1.29, 1.82) is 0 Å². The Labute approximate surface area is 204 Å². The molecule has 0 N–H and O–H groups in total. The van der Waals surface area contributed by atoms with Crippen molar-refractivity contribution < 1.29 is 0 Å². The summed E-state index contributed by atoms with van der Waals surface area (Å²) in [5.41, 5.74) is 6.32. The lowest BCUT2D eigenvalue weighted by molar-refractivity contribution is 0.620. The van der Waals surface area contributed by atoms with E-state index in [1.807, 2.05) is 51.7 Å². The summed E-state index contributed by atoms with van der Waals surface area (Å²) in [5.74, 6) is 0.294. The predicted molar refractivity (Wildman–Crippen MR) is 137 cm³/mol. The summed E-state index contributed by atoms with van der Waals surface area (Å²) in [7, 11) is 0. The van der Waals surface area contributed by atoms with E-state index in [2.05, 4.69) is 71.8 Å². The molecule has 1 atom stereocenters. The van der Waals surface area contributed by atoms with Gasteiger partial charge in [0.1, 0.15) is 6.33 Å². The molecule has 2 heterocycles. The van der Waals surface area contributed by atoms with Gasteiger partial charge in [-0.3, -0.25) is 9.13 Å². The van der Waals surface area contributed by atoms with Crippen molar-refractivity contribution in [3.8, 4) is 16.8 Å². The zero-order valence-electron chi connectivity index (χ0n) is 20.0. The minimum atomic E-state index is 0.0252. The average molecular weight is 465 g/mol. The molecule has 5 rings (SSSR count). The van der Waals surface area contributed by atoms with E-state index < -0.39 is 0 Å². The Kier molecular flexibility index (Phi) is 6.39. The number of para-hydroxylation sites is 1. The van der Waals surface area contributed by atoms with Crippen LogP contribution in [0.15, 0.2) is 96.2 Å². The van der Waals surface area contributed by atoms with Gasteiger partial charge in [-0.2, -0.15) is 4.68 Å². The maximum absolute atomic E-state index is 13.4. The molecule has 0 bridgehead atoms. The van der Waals surface area contributed by atoms with Crippen molar-refractivity contribution in [3.63, 3.8) is 0 Å². The first-order valence-corrected chi connectivity index (χ1v) is 11.9. The highest BCUT2D eigenvalue weighted by molar-refractivity contribution is 5.72. The van der Waals surface area contributed by atoms with Crippen LogP contribution in [-0.2, 0) is 13.1 Å². The number of aromatic nitrogens is 6.